The Balaban J connectivity index is 1.78. The average molecular weight is 257 g/mol. The molecule has 100 valence electrons. The van der Waals surface area contributed by atoms with Gasteiger partial charge in [-0.3, -0.25) is 0 Å². The fourth-order valence-corrected chi connectivity index (χ4v) is 2.16. The zero-order valence-corrected chi connectivity index (χ0v) is 11.5. The fourth-order valence-electron chi connectivity index (χ4n) is 2.16. The number of aryl methyl sites for hydroxylation is 1. The third-order valence-corrected chi connectivity index (χ3v) is 3.64. The summed E-state index contributed by atoms with van der Waals surface area (Å²) in [6.45, 7) is 3.09. The SMILES string of the molecule is Cc1ccc(-n2nnnc2N(C)CCC2CC2)cc1. The molecular weight excluding hydrogens is 238 g/mol. The smallest absolute Gasteiger partial charge is 0.250 e. The summed E-state index contributed by atoms with van der Waals surface area (Å²) >= 11 is 0. The molecular formula is C14H19N5. The highest BCUT2D eigenvalue weighted by Crippen LogP contribution is 2.32. The molecule has 1 saturated carbocycles. The fraction of sp³-hybridized carbons (Fsp3) is 0.500. The van der Waals surface area contributed by atoms with Crippen LogP contribution in [0.3, 0.4) is 0 Å². The van der Waals surface area contributed by atoms with E-state index in [1.54, 1.807) is 4.68 Å². The zero-order valence-electron chi connectivity index (χ0n) is 11.5. The molecule has 2 aromatic rings. The molecule has 5 heteroatoms. The highest BCUT2D eigenvalue weighted by atomic mass is 15.6. The molecule has 0 saturated heterocycles. The predicted molar refractivity (Wildman–Crippen MR) is 74.5 cm³/mol. The Bertz CT molecular complexity index is 541. The normalized spacial score (nSPS) is 14.6. The lowest BCUT2D eigenvalue weighted by molar-refractivity contribution is 0.690. The van der Waals surface area contributed by atoms with Gasteiger partial charge in [0.05, 0.1) is 5.69 Å². The molecule has 1 aromatic heterocycles. The van der Waals surface area contributed by atoms with Crippen LogP contribution in [0.4, 0.5) is 5.95 Å². The van der Waals surface area contributed by atoms with E-state index >= 15 is 0 Å². The molecule has 1 aromatic carbocycles. The molecule has 0 aliphatic heterocycles. The van der Waals surface area contributed by atoms with E-state index in [-0.39, 0.29) is 0 Å². The summed E-state index contributed by atoms with van der Waals surface area (Å²) in [5, 5.41) is 12.0. The average Bonchev–Trinajstić information content (AvgIpc) is 3.12. The Morgan fingerprint density at radius 2 is 2.00 bits per heavy atom. The van der Waals surface area contributed by atoms with Gasteiger partial charge in [-0.15, -0.1) is 0 Å². The lowest BCUT2D eigenvalue weighted by atomic mass is 10.2. The van der Waals surface area contributed by atoms with Crippen LogP contribution in [0.15, 0.2) is 24.3 Å². The van der Waals surface area contributed by atoms with E-state index in [4.69, 9.17) is 0 Å². The highest BCUT2D eigenvalue weighted by Gasteiger charge is 2.22. The first-order valence-corrected chi connectivity index (χ1v) is 6.80. The molecule has 19 heavy (non-hydrogen) atoms. The van der Waals surface area contributed by atoms with Crippen molar-refractivity contribution in [3.05, 3.63) is 29.8 Å². The van der Waals surface area contributed by atoms with Crippen LogP contribution in [-0.4, -0.2) is 33.8 Å². The number of hydrogen-bond acceptors (Lipinski definition) is 4. The molecule has 0 unspecified atom stereocenters. The third kappa shape index (κ3) is 2.75. The monoisotopic (exact) mass is 257 g/mol. The molecule has 3 rings (SSSR count). The first-order valence-electron chi connectivity index (χ1n) is 6.80. The van der Waals surface area contributed by atoms with Crippen molar-refractivity contribution in [2.45, 2.75) is 26.2 Å². The first-order chi connectivity index (χ1) is 9.24. The number of anilines is 1. The maximum atomic E-state index is 4.14. The van der Waals surface area contributed by atoms with Crippen molar-refractivity contribution in [3.63, 3.8) is 0 Å². The number of nitrogens with zero attached hydrogens (tertiary/aromatic N) is 5. The van der Waals surface area contributed by atoms with E-state index < -0.39 is 0 Å². The van der Waals surface area contributed by atoms with Crippen molar-refractivity contribution in [1.29, 1.82) is 0 Å². The quantitative estimate of drug-likeness (QED) is 0.824. The maximum absolute atomic E-state index is 4.14. The summed E-state index contributed by atoms with van der Waals surface area (Å²) in [6.07, 6.45) is 4.00. The van der Waals surface area contributed by atoms with E-state index in [9.17, 15) is 0 Å². The minimum Gasteiger partial charge on any atom is -0.342 e. The molecule has 0 N–H and O–H groups in total. The van der Waals surface area contributed by atoms with Crippen molar-refractivity contribution in [1.82, 2.24) is 20.2 Å². The van der Waals surface area contributed by atoms with E-state index in [1.165, 1.54) is 24.8 Å². The van der Waals surface area contributed by atoms with Crippen molar-refractivity contribution < 1.29 is 0 Å². The number of rotatable bonds is 5. The van der Waals surface area contributed by atoms with Crippen molar-refractivity contribution >= 4 is 5.95 Å². The molecule has 1 fully saturated rings. The van der Waals surface area contributed by atoms with Crippen molar-refractivity contribution in [2.24, 2.45) is 5.92 Å². The lowest BCUT2D eigenvalue weighted by Gasteiger charge is -2.17. The maximum Gasteiger partial charge on any atom is 0.250 e. The number of aromatic nitrogens is 4. The van der Waals surface area contributed by atoms with Gasteiger partial charge in [0.25, 0.3) is 0 Å². The first kappa shape index (κ1) is 12.1. The van der Waals surface area contributed by atoms with Gasteiger partial charge >= 0.3 is 0 Å². The Kier molecular flexibility index (Phi) is 3.19. The Hall–Kier alpha value is -1.91. The third-order valence-electron chi connectivity index (χ3n) is 3.64. The summed E-state index contributed by atoms with van der Waals surface area (Å²) in [5.41, 5.74) is 2.24. The molecule has 0 amide bonds. The molecule has 1 aliphatic carbocycles. The second-order valence-electron chi connectivity index (χ2n) is 5.38. The summed E-state index contributed by atoms with van der Waals surface area (Å²) in [5.74, 6) is 1.73. The summed E-state index contributed by atoms with van der Waals surface area (Å²) < 4.78 is 1.80. The van der Waals surface area contributed by atoms with Gasteiger partial charge in [0.15, 0.2) is 0 Å². The van der Waals surface area contributed by atoms with Crippen LogP contribution in [0, 0.1) is 12.8 Å². The van der Waals surface area contributed by atoms with E-state index in [1.807, 2.05) is 12.1 Å². The van der Waals surface area contributed by atoms with Gasteiger partial charge < -0.3 is 4.90 Å². The second kappa shape index (κ2) is 4.99. The van der Waals surface area contributed by atoms with Gasteiger partial charge in [-0.2, -0.15) is 4.68 Å². The van der Waals surface area contributed by atoms with Gasteiger partial charge in [0.2, 0.25) is 5.95 Å². The second-order valence-corrected chi connectivity index (χ2v) is 5.38. The standard InChI is InChI=1S/C14H19N5/c1-11-3-7-13(8-4-11)19-14(15-16-17-19)18(2)10-9-12-5-6-12/h3-4,7-8,12H,5-6,9-10H2,1-2H3. The number of hydrogen-bond donors (Lipinski definition) is 0. The molecule has 0 radical (unpaired) electrons. The van der Waals surface area contributed by atoms with Crippen LogP contribution >= 0.6 is 0 Å². The van der Waals surface area contributed by atoms with E-state index in [0.29, 0.717) is 0 Å². The van der Waals surface area contributed by atoms with E-state index in [2.05, 4.69) is 46.5 Å². The highest BCUT2D eigenvalue weighted by molar-refractivity contribution is 5.41. The van der Waals surface area contributed by atoms with Crippen LogP contribution in [0.1, 0.15) is 24.8 Å². The minimum absolute atomic E-state index is 0.810. The largest absolute Gasteiger partial charge is 0.342 e. The molecule has 0 atom stereocenters. The van der Waals surface area contributed by atoms with Gasteiger partial charge in [-0.25, -0.2) is 0 Å². The zero-order chi connectivity index (χ0) is 13.2. The molecule has 5 nitrogen and oxygen atoms in total. The Morgan fingerprint density at radius 1 is 1.26 bits per heavy atom. The minimum atomic E-state index is 0.810. The Morgan fingerprint density at radius 3 is 2.68 bits per heavy atom. The lowest BCUT2D eigenvalue weighted by Crippen LogP contribution is -2.23. The van der Waals surface area contributed by atoms with Crippen LogP contribution in [0.2, 0.25) is 0 Å². The molecule has 0 bridgehead atoms. The molecule has 1 heterocycles. The van der Waals surface area contributed by atoms with Gasteiger partial charge in [0, 0.05) is 13.6 Å². The topological polar surface area (TPSA) is 46.8 Å². The van der Waals surface area contributed by atoms with Crippen molar-refractivity contribution in [3.8, 4) is 5.69 Å². The summed E-state index contributed by atoms with van der Waals surface area (Å²) in [4.78, 5) is 2.14. The van der Waals surface area contributed by atoms with Crippen LogP contribution in [0.25, 0.3) is 5.69 Å². The van der Waals surface area contributed by atoms with E-state index in [0.717, 1.165) is 24.1 Å². The predicted octanol–water partition coefficient (Wildman–Crippen LogP) is 2.21. The van der Waals surface area contributed by atoms with Crippen LogP contribution in [-0.2, 0) is 0 Å². The van der Waals surface area contributed by atoms with Gasteiger partial charge in [-0.05, 0) is 41.8 Å². The van der Waals surface area contributed by atoms with Crippen LogP contribution in [0.5, 0.6) is 0 Å². The van der Waals surface area contributed by atoms with Gasteiger partial charge in [-0.1, -0.05) is 35.6 Å². The van der Waals surface area contributed by atoms with Gasteiger partial charge in [0.1, 0.15) is 0 Å². The Labute approximate surface area is 113 Å². The molecule has 0 spiro atoms. The summed E-state index contributed by atoms with van der Waals surface area (Å²) in [7, 11) is 2.05. The summed E-state index contributed by atoms with van der Waals surface area (Å²) in [6, 6.07) is 8.24. The van der Waals surface area contributed by atoms with Crippen LogP contribution < -0.4 is 4.90 Å². The number of tetrazole rings is 1. The molecule has 1 aliphatic rings. The number of benzene rings is 1. The van der Waals surface area contributed by atoms with Crippen molar-refractivity contribution in [2.75, 3.05) is 18.5 Å².